The van der Waals surface area contributed by atoms with Crippen LogP contribution in [0.2, 0.25) is 0 Å². The average molecular weight is 504 g/mol. The lowest BCUT2D eigenvalue weighted by Gasteiger charge is -2.24. The van der Waals surface area contributed by atoms with Crippen molar-refractivity contribution >= 4 is 43.8 Å². The number of sulfonamides is 1. The summed E-state index contributed by atoms with van der Waals surface area (Å²) in [7, 11) is -4.01. The van der Waals surface area contributed by atoms with E-state index in [2.05, 4.69) is 26.5 Å². The summed E-state index contributed by atoms with van der Waals surface area (Å²) in [5.74, 6) is -1.01. The van der Waals surface area contributed by atoms with Gasteiger partial charge in [-0.15, -0.1) is 0 Å². The van der Waals surface area contributed by atoms with Gasteiger partial charge in [-0.3, -0.25) is 9.10 Å². The number of hydrazone groups is 1. The van der Waals surface area contributed by atoms with Crippen LogP contribution in [0, 0.1) is 12.7 Å². The molecule has 6 nitrogen and oxygen atoms in total. The summed E-state index contributed by atoms with van der Waals surface area (Å²) in [6.07, 6.45) is 1.34. The van der Waals surface area contributed by atoms with Gasteiger partial charge in [0.25, 0.3) is 15.9 Å². The number of halogens is 2. The number of amides is 1. The molecule has 0 saturated heterocycles. The molecule has 1 amide bonds. The summed E-state index contributed by atoms with van der Waals surface area (Å²) in [6, 6.07) is 18.6. The molecule has 0 radical (unpaired) electrons. The molecule has 0 unspecified atom stereocenters. The first-order valence-corrected chi connectivity index (χ1v) is 11.4. The molecule has 0 aliphatic rings. The highest BCUT2D eigenvalue weighted by Crippen LogP contribution is 2.26. The molecule has 0 atom stereocenters. The van der Waals surface area contributed by atoms with E-state index in [0.29, 0.717) is 15.7 Å². The van der Waals surface area contributed by atoms with Gasteiger partial charge in [0.15, 0.2) is 0 Å². The van der Waals surface area contributed by atoms with Gasteiger partial charge in [0, 0.05) is 4.47 Å². The molecular weight excluding hydrogens is 485 g/mol. The lowest BCUT2D eigenvalue weighted by Crippen LogP contribution is -2.39. The first-order valence-electron chi connectivity index (χ1n) is 9.18. The first-order chi connectivity index (χ1) is 14.8. The topological polar surface area (TPSA) is 78.8 Å². The van der Waals surface area contributed by atoms with Gasteiger partial charge in [-0.1, -0.05) is 51.8 Å². The summed E-state index contributed by atoms with van der Waals surface area (Å²) in [4.78, 5) is 12.6. The molecule has 3 rings (SSSR count). The molecule has 0 heterocycles. The molecule has 0 saturated carbocycles. The molecule has 1 N–H and O–H groups in total. The predicted octanol–water partition coefficient (Wildman–Crippen LogP) is 4.24. The molecule has 160 valence electrons. The zero-order valence-electron chi connectivity index (χ0n) is 16.5. The minimum Gasteiger partial charge on any atom is -0.271 e. The van der Waals surface area contributed by atoms with Gasteiger partial charge in [0.05, 0.1) is 16.8 Å². The normalized spacial score (nSPS) is 11.5. The molecule has 0 aliphatic heterocycles. The Bertz CT molecular complexity index is 1200. The molecule has 0 bridgehead atoms. The second kappa shape index (κ2) is 9.84. The molecule has 3 aromatic carbocycles. The van der Waals surface area contributed by atoms with Crippen LogP contribution in [0.3, 0.4) is 0 Å². The number of rotatable bonds is 7. The molecule has 0 aromatic heterocycles. The van der Waals surface area contributed by atoms with Gasteiger partial charge >= 0.3 is 0 Å². The van der Waals surface area contributed by atoms with Crippen LogP contribution in [0.5, 0.6) is 0 Å². The summed E-state index contributed by atoms with van der Waals surface area (Å²) < 4.78 is 41.2. The van der Waals surface area contributed by atoms with E-state index >= 15 is 0 Å². The van der Waals surface area contributed by atoms with E-state index in [9.17, 15) is 17.6 Å². The fourth-order valence-corrected chi connectivity index (χ4v) is 4.48. The van der Waals surface area contributed by atoms with Gasteiger partial charge in [0.1, 0.15) is 12.4 Å². The highest BCUT2D eigenvalue weighted by molar-refractivity contribution is 9.10. The Hall–Kier alpha value is -3.04. The zero-order chi connectivity index (χ0) is 22.4. The van der Waals surface area contributed by atoms with E-state index in [-0.39, 0.29) is 10.7 Å². The first kappa shape index (κ1) is 22.6. The number of hydrogen-bond donors (Lipinski definition) is 1. The SMILES string of the molecule is Cc1ccc(S(=O)(=O)N(CC(=O)N/N=C\c2ccc(F)cc2)c2cccc(Br)c2)cc1. The van der Waals surface area contributed by atoms with Gasteiger partial charge in [0.2, 0.25) is 0 Å². The number of nitrogens with one attached hydrogen (secondary N) is 1. The van der Waals surface area contributed by atoms with Crippen LogP contribution in [0.15, 0.2) is 87.3 Å². The molecule has 0 spiro atoms. The van der Waals surface area contributed by atoms with Gasteiger partial charge < -0.3 is 0 Å². The second-order valence-corrected chi connectivity index (χ2v) is 9.43. The number of hydrogen-bond acceptors (Lipinski definition) is 4. The maximum absolute atomic E-state index is 13.3. The fourth-order valence-electron chi connectivity index (χ4n) is 2.68. The monoisotopic (exact) mass is 503 g/mol. The third-order valence-corrected chi connectivity index (χ3v) is 6.55. The summed E-state index contributed by atoms with van der Waals surface area (Å²) in [5, 5.41) is 3.82. The Kier molecular flexibility index (Phi) is 7.19. The van der Waals surface area contributed by atoms with Crippen LogP contribution in [0.25, 0.3) is 0 Å². The van der Waals surface area contributed by atoms with E-state index in [1.807, 2.05) is 6.92 Å². The molecule has 0 fully saturated rings. The third-order valence-electron chi connectivity index (χ3n) is 4.27. The lowest BCUT2D eigenvalue weighted by atomic mass is 10.2. The van der Waals surface area contributed by atoms with Crippen LogP contribution >= 0.6 is 15.9 Å². The average Bonchev–Trinajstić information content (AvgIpc) is 2.73. The number of carbonyl (C=O) groups is 1. The van der Waals surface area contributed by atoms with Gasteiger partial charge in [-0.25, -0.2) is 18.2 Å². The Morgan fingerprint density at radius 1 is 1.10 bits per heavy atom. The molecule has 3 aromatic rings. The number of benzene rings is 3. The Balaban J connectivity index is 1.83. The number of anilines is 1. The standard InChI is InChI=1S/C22H19BrFN3O3S/c1-16-5-11-21(12-6-16)31(29,30)27(20-4-2-3-18(23)13-20)15-22(28)26-25-14-17-7-9-19(24)10-8-17/h2-14H,15H2,1H3,(H,26,28)/b25-14-. The van der Waals surface area contributed by atoms with Crippen molar-refractivity contribution in [2.75, 3.05) is 10.8 Å². The quantitative estimate of drug-likeness (QED) is 0.386. The van der Waals surface area contributed by atoms with Crippen molar-refractivity contribution in [3.8, 4) is 0 Å². The molecule has 0 aliphatic carbocycles. The van der Waals surface area contributed by atoms with Crippen molar-refractivity contribution in [3.05, 3.63) is 94.2 Å². The van der Waals surface area contributed by atoms with Crippen molar-refractivity contribution in [3.63, 3.8) is 0 Å². The summed E-state index contributed by atoms with van der Waals surface area (Å²) in [6.45, 7) is 1.38. The van der Waals surface area contributed by atoms with E-state index in [4.69, 9.17) is 0 Å². The van der Waals surface area contributed by atoms with E-state index < -0.39 is 22.5 Å². The van der Waals surface area contributed by atoms with Crippen LogP contribution in [-0.2, 0) is 14.8 Å². The Morgan fingerprint density at radius 3 is 2.42 bits per heavy atom. The fraction of sp³-hybridized carbons (Fsp3) is 0.0909. The van der Waals surface area contributed by atoms with Crippen molar-refractivity contribution in [2.24, 2.45) is 5.10 Å². The van der Waals surface area contributed by atoms with Crippen molar-refractivity contribution < 1.29 is 17.6 Å². The molecule has 31 heavy (non-hydrogen) atoms. The van der Waals surface area contributed by atoms with E-state index in [1.165, 1.54) is 42.6 Å². The van der Waals surface area contributed by atoms with Crippen LogP contribution in [-0.4, -0.2) is 27.1 Å². The van der Waals surface area contributed by atoms with Crippen molar-refractivity contribution in [2.45, 2.75) is 11.8 Å². The minimum absolute atomic E-state index is 0.0701. The van der Waals surface area contributed by atoms with Gasteiger partial charge in [-0.05, 0) is 55.0 Å². The lowest BCUT2D eigenvalue weighted by molar-refractivity contribution is -0.119. The van der Waals surface area contributed by atoms with Crippen LogP contribution < -0.4 is 9.73 Å². The summed E-state index contributed by atoms with van der Waals surface area (Å²) in [5.41, 5.74) is 4.14. The van der Waals surface area contributed by atoms with E-state index in [0.717, 1.165) is 9.87 Å². The van der Waals surface area contributed by atoms with E-state index in [1.54, 1.807) is 36.4 Å². The maximum atomic E-state index is 13.3. The predicted molar refractivity (Wildman–Crippen MR) is 122 cm³/mol. The smallest absolute Gasteiger partial charge is 0.264 e. The highest BCUT2D eigenvalue weighted by Gasteiger charge is 2.27. The number of carbonyl (C=O) groups excluding carboxylic acids is 1. The van der Waals surface area contributed by atoms with Crippen molar-refractivity contribution in [1.29, 1.82) is 0 Å². The zero-order valence-corrected chi connectivity index (χ0v) is 18.9. The van der Waals surface area contributed by atoms with Gasteiger partial charge in [-0.2, -0.15) is 5.10 Å². The second-order valence-electron chi connectivity index (χ2n) is 6.65. The number of nitrogens with zero attached hydrogens (tertiary/aromatic N) is 2. The Morgan fingerprint density at radius 2 is 1.77 bits per heavy atom. The number of aryl methyl sites for hydroxylation is 1. The highest BCUT2D eigenvalue weighted by atomic mass is 79.9. The largest absolute Gasteiger partial charge is 0.271 e. The minimum atomic E-state index is -4.01. The molecular formula is C22H19BrFN3O3S. The van der Waals surface area contributed by atoms with Crippen molar-refractivity contribution in [1.82, 2.24) is 5.43 Å². The maximum Gasteiger partial charge on any atom is 0.264 e. The van der Waals surface area contributed by atoms with Crippen LogP contribution in [0.4, 0.5) is 10.1 Å². The van der Waals surface area contributed by atoms with Crippen LogP contribution in [0.1, 0.15) is 11.1 Å². The Labute approximate surface area is 188 Å². The molecule has 9 heteroatoms. The summed E-state index contributed by atoms with van der Waals surface area (Å²) >= 11 is 3.33. The third kappa shape index (κ3) is 5.99.